The molecule has 2 saturated heterocycles. The summed E-state index contributed by atoms with van der Waals surface area (Å²) in [6.07, 6.45) is 3.23. The smallest absolute Gasteiger partial charge is 0.407 e. The fourth-order valence-corrected chi connectivity index (χ4v) is 2.76. The Kier molecular flexibility index (Phi) is 3.80. The first-order valence-corrected chi connectivity index (χ1v) is 6.98. The molecule has 110 valence electrons. The van der Waals surface area contributed by atoms with Gasteiger partial charge in [0.25, 0.3) is 0 Å². The summed E-state index contributed by atoms with van der Waals surface area (Å²) in [6, 6.07) is 0. The molecule has 1 saturated carbocycles. The maximum atomic E-state index is 11.7. The summed E-state index contributed by atoms with van der Waals surface area (Å²) in [5, 5.41) is 12.2. The number of aliphatic hydroxyl groups is 1. The minimum atomic E-state index is -0.393. The summed E-state index contributed by atoms with van der Waals surface area (Å²) >= 11 is 0. The second kappa shape index (κ2) is 4.94. The van der Waals surface area contributed by atoms with Crippen LogP contribution < -0.4 is 5.32 Å². The van der Waals surface area contributed by atoms with E-state index in [1.165, 1.54) is 0 Å². The lowest BCUT2D eigenvalue weighted by molar-refractivity contribution is -0.207. The van der Waals surface area contributed by atoms with Crippen LogP contribution in [0.1, 0.15) is 46.5 Å². The molecule has 19 heavy (non-hydrogen) atoms. The number of hydrogen-bond donors (Lipinski definition) is 2. The van der Waals surface area contributed by atoms with Crippen LogP contribution in [0.15, 0.2) is 0 Å². The van der Waals surface area contributed by atoms with E-state index in [4.69, 9.17) is 9.47 Å². The maximum absolute atomic E-state index is 11.7. The molecule has 1 amide bonds. The molecule has 0 aromatic heterocycles. The van der Waals surface area contributed by atoms with Crippen molar-refractivity contribution in [1.82, 2.24) is 5.32 Å². The minimum Gasteiger partial charge on any atom is -0.446 e. The van der Waals surface area contributed by atoms with Crippen LogP contribution >= 0.6 is 0 Å². The number of rotatable bonds is 3. The maximum Gasteiger partial charge on any atom is 0.407 e. The third kappa shape index (κ3) is 3.39. The lowest BCUT2D eigenvalue weighted by Crippen LogP contribution is -2.55. The molecule has 0 spiro atoms. The molecular formula is C14H25NO4. The van der Waals surface area contributed by atoms with E-state index in [0.717, 1.165) is 25.7 Å². The molecule has 5 nitrogen and oxygen atoms in total. The van der Waals surface area contributed by atoms with Crippen LogP contribution in [0.2, 0.25) is 0 Å². The van der Waals surface area contributed by atoms with Crippen LogP contribution in [0.3, 0.4) is 0 Å². The number of alkyl carbamates (subject to hydrolysis) is 1. The Morgan fingerprint density at radius 2 is 1.95 bits per heavy atom. The molecule has 0 aromatic rings. The fraction of sp³-hybridized carbons (Fsp3) is 0.929. The Morgan fingerprint density at radius 1 is 1.32 bits per heavy atom. The summed E-state index contributed by atoms with van der Waals surface area (Å²) in [7, 11) is 0. The van der Waals surface area contributed by atoms with E-state index in [2.05, 4.69) is 5.32 Å². The number of carbonyl (C=O) groups is 1. The largest absolute Gasteiger partial charge is 0.446 e. The minimum absolute atomic E-state index is 0.0462. The molecule has 0 atom stereocenters. The van der Waals surface area contributed by atoms with Crippen LogP contribution in [0, 0.1) is 5.41 Å². The van der Waals surface area contributed by atoms with Crippen LogP contribution in [0.5, 0.6) is 0 Å². The summed E-state index contributed by atoms with van der Waals surface area (Å²) in [6.45, 7) is 6.82. The first kappa shape index (κ1) is 14.6. The van der Waals surface area contributed by atoms with Crippen molar-refractivity contribution in [2.45, 2.75) is 57.6 Å². The first-order chi connectivity index (χ1) is 8.78. The van der Waals surface area contributed by atoms with E-state index in [1.807, 2.05) is 20.8 Å². The van der Waals surface area contributed by atoms with Crippen molar-refractivity contribution in [3.63, 3.8) is 0 Å². The molecule has 3 aliphatic rings. The average molecular weight is 271 g/mol. The van der Waals surface area contributed by atoms with Crippen LogP contribution in [-0.4, -0.2) is 42.2 Å². The molecule has 2 heterocycles. The Hall–Kier alpha value is -0.810. The van der Waals surface area contributed by atoms with Crippen molar-refractivity contribution < 1.29 is 19.4 Å². The molecule has 1 aliphatic carbocycles. The van der Waals surface area contributed by atoms with Gasteiger partial charge in [-0.25, -0.2) is 4.79 Å². The van der Waals surface area contributed by atoms with Gasteiger partial charge in [0.1, 0.15) is 12.2 Å². The monoisotopic (exact) mass is 271 g/mol. The first-order valence-electron chi connectivity index (χ1n) is 6.98. The SMILES string of the molecule is CC(C)(C)NC(=O)OCC12CCC(CO)(CC1)CO2. The van der Waals surface area contributed by atoms with Gasteiger partial charge < -0.3 is 19.9 Å². The normalized spacial score (nSPS) is 34.1. The third-order valence-electron chi connectivity index (χ3n) is 4.19. The predicted molar refractivity (Wildman–Crippen MR) is 70.9 cm³/mol. The number of aliphatic hydroxyl groups excluding tert-OH is 1. The molecule has 3 fully saturated rings. The summed E-state index contributed by atoms with van der Waals surface area (Å²) < 4.78 is 11.2. The van der Waals surface area contributed by atoms with E-state index in [0.29, 0.717) is 13.2 Å². The zero-order valence-corrected chi connectivity index (χ0v) is 12.1. The lowest BCUT2D eigenvalue weighted by Gasteiger charge is -2.52. The van der Waals surface area contributed by atoms with Gasteiger partial charge >= 0.3 is 6.09 Å². The Balaban J connectivity index is 1.83. The Bertz CT molecular complexity index is 323. The van der Waals surface area contributed by atoms with E-state index < -0.39 is 6.09 Å². The van der Waals surface area contributed by atoms with Crippen molar-refractivity contribution in [3.05, 3.63) is 0 Å². The quantitative estimate of drug-likeness (QED) is 0.822. The number of ether oxygens (including phenoxy) is 2. The van der Waals surface area contributed by atoms with Gasteiger partial charge in [0.15, 0.2) is 0 Å². The Labute approximate surface area is 114 Å². The van der Waals surface area contributed by atoms with Crippen LogP contribution in [0.25, 0.3) is 0 Å². The van der Waals surface area contributed by atoms with Crippen LogP contribution in [0.4, 0.5) is 4.79 Å². The van der Waals surface area contributed by atoms with Gasteiger partial charge in [-0.15, -0.1) is 0 Å². The predicted octanol–water partition coefficient (Wildman–Crippen LogP) is 1.83. The number of carbonyl (C=O) groups excluding carboxylic acids is 1. The zero-order chi connectivity index (χ0) is 14.1. The zero-order valence-electron chi connectivity index (χ0n) is 12.1. The lowest BCUT2D eigenvalue weighted by atomic mass is 9.67. The van der Waals surface area contributed by atoms with Gasteiger partial charge in [-0.2, -0.15) is 0 Å². The summed E-state index contributed by atoms with van der Waals surface area (Å²) in [5.74, 6) is 0. The van der Waals surface area contributed by atoms with E-state index >= 15 is 0 Å². The van der Waals surface area contributed by atoms with Crippen molar-refractivity contribution in [2.75, 3.05) is 19.8 Å². The highest BCUT2D eigenvalue weighted by Crippen LogP contribution is 2.48. The van der Waals surface area contributed by atoms with Gasteiger partial charge in [0.05, 0.1) is 13.2 Å². The van der Waals surface area contributed by atoms with Gasteiger partial charge in [0, 0.05) is 11.0 Å². The van der Waals surface area contributed by atoms with Crippen LogP contribution in [-0.2, 0) is 9.47 Å². The number of hydrogen-bond acceptors (Lipinski definition) is 4. The molecule has 0 aromatic carbocycles. The fourth-order valence-electron chi connectivity index (χ4n) is 2.76. The van der Waals surface area contributed by atoms with Gasteiger partial charge in [-0.05, 0) is 46.5 Å². The molecule has 0 radical (unpaired) electrons. The highest BCUT2D eigenvalue weighted by atomic mass is 16.6. The van der Waals surface area contributed by atoms with Crippen molar-refractivity contribution in [2.24, 2.45) is 5.41 Å². The van der Waals surface area contributed by atoms with E-state index in [9.17, 15) is 9.90 Å². The molecule has 2 bridgehead atoms. The topological polar surface area (TPSA) is 67.8 Å². The second-order valence-electron chi connectivity index (χ2n) is 7.08. The van der Waals surface area contributed by atoms with Crippen molar-refractivity contribution in [3.8, 4) is 0 Å². The molecule has 2 aliphatic heterocycles. The summed E-state index contributed by atoms with van der Waals surface area (Å²) in [5.41, 5.74) is -0.664. The van der Waals surface area contributed by atoms with Gasteiger partial charge in [-0.3, -0.25) is 0 Å². The summed E-state index contributed by atoms with van der Waals surface area (Å²) in [4.78, 5) is 11.7. The highest BCUT2D eigenvalue weighted by molar-refractivity contribution is 5.68. The standard InChI is InChI=1S/C14H25NO4/c1-12(2,3)15-11(17)18-10-14-6-4-13(8-16,5-7-14)9-19-14/h16H,4-10H2,1-3H3,(H,15,17). The highest BCUT2D eigenvalue weighted by Gasteiger charge is 2.50. The molecular weight excluding hydrogens is 246 g/mol. The number of nitrogens with one attached hydrogen (secondary N) is 1. The average Bonchev–Trinajstić information content (AvgIpc) is 2.37. The van der Waals surface area contributed by atoms with Crippen molar-refractivity contribution in [1.29, 1.82) is 0 Å². The number of fused-ring (bicyclic) bond motifs is 3. The van der Waals surface area contributed by atoms with E-state index in [-0.39, 0.29) is 23.2 Å². The van der Waals surface area contributed by atoms with Gasteiger partial charge in [-0.1, -0.05) is 0 Å². The van der Waals surface area contributed by atoms with E-state index in [1.54, 1.807) is 0 Å². The number of amides is 1. The Morgan fingerprint density at radius 3 is 2.37 bits per heavy atom. The van der Waals surface area contributed by atoms with Gasteiger partial charge in [0.2, 0.25) is 0 Å². The molecule has 2 N–H and O–H groups in total. The molecule has 5 heteroatoms. The molecule has 0 unspecified atom stereocenters. The second-order valence-corrected chi connectivity index (χ2v) is 7.08. The van der Waals surface area contributed by atoms with Crippen molar-refractivity contribution >= 4 is 6.09 Å². The third-order valence-corrected chi connectivity index (χ3v) is 4.19. The molecule has 3 rings (SSSR count).